The minimum absolute atomic E-state index is 0.0610. The summed E-state index contributed by atoms with van der Waals surface area (Å²) in [7, 11) is 1.46. The average molecular weight is 498 g/mol. The summed E-state index contributed by atoms with van der Waals surface area (Å²) in [6.45, 7) is 6.02. The zero-order valence-electron chi connectivity index (χ0n) is 19.0. The first kappa shape index (κ1) is 27.1. The number of aliphatic carboxylic acids is 1. The molecule has 0 aliphatic carbocycles. The third-order valence-electron chi connectivity index (χ3n) is 4.43. The van der Waals surface area contributed by atoms with Crippen LogP contribution in [-0.2, 0) is 10.2 Å². The summed E-state index contributed by atoms with van der Waals surface area (Å²) >= 11 is 0. The Morgan fingerprint density at radius 3 is 2.09 bits per heavy atom. The molecule has 0 amide bonds. The number of nitrogens with zero attached hydrogens (tertiary/aromatic N) is 1. The number of imidazole rings is 1. The van der Waals surface area contributed by atoms with Gasteiger partial charge in [-0.25, -0.2) is 14.2 Å². The fraction of sp³-hybridized carbons (Fsp3) is 0.273. The largest absolute Gasteiger partial charge is 0.497 e. The minimum atomic E-state index is -5.08. The zero-order chi connectivity index (χ0) is 26.6. The van der Waals surface area contributed by atoms with Crippen LogP contribution in [0.1, 0.15) is 37.7 Å². The molecule has 0 saturated carbocycles. The highest BCUT2D eigenvalue weighted by Gasteiger charge is 2.38. The van der Waals surface area contributed by atoms with Gasteiger partial charge in [0.25, 0.3) is 11.1 Å². The van der Waals surface area contributed by atoms with Gasteiger partial charge in [-0.3, -0.25) is 9.59 Å². The van der Waals surface area contributed by atoms with Crippen molar-refractivity contribution in [1.29, 1.82) is 0 Å². The Hall–Kier alpha value is -4.16. The number of halogens is 4. The normalized spacial score (nSPS) is 12.8. The van der Waals surface area contributed by atoms with Gasteiger partial charge in [0.15, 0.2) is 0 Å². The number of methoxy groups -OCH3 is 1. The van der Waals surface area contributed by atoms with Gasteiger partial charge >= 0.3 is 12.1 Å². The summed E-state index contributed by atoms with van der Waals surface area (Å²) < 4.78 is 50.8. The molecule has 0 unspecified atom stereocenters. The van der Waals surface area contributed by atoms with Crippen molar-refractivity contribution in [3.63, 3.8) is 0 Å². The van der Waals surface area contributed by atoms with E-state index < -0.39 is 29.1 Å². The van der Waals surface area contributed by atoms with Gasteiger partial charge < -0.3 is 24.8 Å². The number of aromatic amines is 3. The number of aromatic nitrogens is 4. The highest BCUT2D eigenvalue weighted by Crippen LogP contribution is 2.22. The quantitative estimate of drug-likeness (QED) is 0.404. The molecule has 9 nitrogen and oxygen atoms in total. The van der Waals surface area contributed by atoms with Crippen molar-refractivity contribution in [3.8, 4) is 5.75 Å². The summed E-state index contributed by atoms with van der Waals surface area (Å²) in [4.78, 5) is 46.1. The van der Waals surface area contributed by atoms with E-state index in [1.807, 2.05) is 20.8 Å². The van der Waals surface area contributed by atoms with E-state index in [4.69, 9.17) is 14.6 Å². The molecule has 2 heterocycles. The van der Waals surface area contributed by atoms with Crippen LogP contribution in [0.25, 0.3) is 12.2 Å². The lowest BCUT2D eigenvalue weighted by molar-refractivity contribution is -0.192. The molecule has 13 heteroatoms. The molecule has 3 rings (SSSR count). The first-order chi connectivity index (χ1) is 16.1. The summed E-state index contributed by atoms with van der Waals surface area (Å²) in [6.07, 6.45) is -0.781. The molecule has 0 saturated heterocycles. The number of carbonyl (C=O) groups is 1. The predicted octanol–water partition coefficient (Wildman–Crippen LogP) is 1.52. The number of alkyl halides is 3. The average Bonchev–Trinajstić information content (AvgIpc) is 3.22. The molecule has 0 spiro atoms. The Labute approximate surface area is 194 Å². The Morgan fingerprint density at radius 2 is 1.60 bits per heavy atom. The molecule has 0 aliphatic heterocycles. The molecule has 0 aliphatic rings. The van der Waals surface area contributed by atoms with Crippen molar-refractivity contribution in [2.75, 3.05) is 7.11 Å². The predicted molar refractivity (Wildman–Crippen MR) is 118 cm³/mol. The molecule has 0 fully saturated rings. The number of H-pyrrole nitrogens is 3. The van der Waals surface area contributed by atoms with E-state index in [1.165, 1.54) is 43.8 Å². The van der Waals surface area contributed by atoms with Crippen LogP contribution < -0.4 is 26.6 Å². The molecule has 3 aromatic rings. The maximum atomic E-state index is 14.0. The van der Waals surface area contributed by atoms with Crippen molar-refractivity contribution in [1.82, 2.24) is 19.9 Å². The number of rotatable bonds is 3. The van der Waals surface area contributed by atoms with Crippen LogP contribution in [0.5, 0.6) is 5.75 Å². The summed E-state index contributed by atoms with van der Waals surface area (Å²) in [5, 5.41) is 7.12. The highest BCUT2D eigenvalue weighted by atomic mass is 19.4. The van der Waals surface area contributed by atoms with Crippen LogP contribution in [-0.4, -0.2) is 44.3 Å². The molecule has 35 heavy (non-hydrogen) atoms. The lowest BCUT2D eigenvalue weighted by atomic mass is 9.90. The second-order valence-corrected chi connectivity index (χ2v) is 8.13. The summed E-state index contributed by atoms with van der Waals surface area (Å²) in [5.41, 5.74) is 0.232. The van der Waals surface area contributed by atoms with Crippen molar-refractivity contribution in [2.45, 2.75) is 32.4 Å². The maximum absolute atomic E-state index is 14.0. The number of carboxylic acid groups (broad SMARTS) is 1. The van der Waals surface area contributed by atoms with Gasteiger partial charge in [0.2, 0.25) is 0 Å². The number of carboxylic acids is 1. The third-order valence-corrected chi connectivity index (χ3v) is 4.43. The van der Waals surface area contributed by atoms with E-state index >= 15 is 0 Å². The fourth-order valence-electron chi connectivity index (χ4n) is 2.76. The minimum Gasteiger partial charge on any atom is -0.497 e. The topological polar surface area (TPSA) is 141 Å². The number of ether oxygens (including phenoxy) is 1. The van der Waals surface area contributed by atoms with Crippen LogP contribution >= 0.6 is 0 Å². The Kier molecular flexibility index (Phi) is 8.05. The number of hydrogen-bond donors (Lipinski definition) is 4. The second kappa shape index (κ2) is 10.4. The van der Waals surface area contributed by atoms with Crippen LogP contribution in [0, 0.1) is 5.82 Å². The van der Waals surface area contributed by atoms with Gasteiger partial charge in [-0.15, -0.1) is 0 Å². The van der Waals surface area contributed by atoms with Crippen LogP contribution in [0.3, 0.4) is 0 Å². The van der Waals surface area contributed by atoms with Gasteiger partial charge in [-0.1, -0.05) is 20.8 Å². The molecule has 4 N–H and O–H groups in total. The molecule has 188 valence electrons. The van der Waals surface area contributed by atoms with E-state index in [1.54, 1.807) is 0 Å². The van der Waals surface area contributed by atoms with E-state index in [0.717, 1.165) is 5.69 Å². The van der Waals surface area contributed by atoms with Crippen molar-refractivity contribution < 1.29 is 32.2 Å². The lowest BCUT2D eigenvalue weighted by Gasteiger charge is -2.16. The van der Waals surface area contributed by atoms with Gasteiger partial charge in [-0.05, 0) is 30.4 Å². The van der Waals surface area contributed by atoms with Gasteiger partial charge in [0, 0.05) is 16.7 Å². The molecular weight excluding hydrogens is 476 g/mol. The van der Waals surface area contributed by atoms with Crippen molar-refractivity contribution >= 4 is 18.1 Å². The van der Waals surface area contributed by atoms with Gasteiger partial charge in [0.05, 0.1) is 19.1 Å². The molecular formula is C22H22F4N4O5. The van der Waals surface area contributed by atoms with E-state index in [9.17, 15) is 27.2 Å². The summed E-state index contributed by atoms with van der Waals surface area (Å²) in [5.74, 6) is -2.86. The van der Waals surface area contributed by atoms with Crippen LogP contribution in [0.2, 0.25) is 0 Å². The molecule has 0 bridgehead atoms. The molecule has 0 radical (unpaired) electrons. The van der Waals surface area contributed by atoms with Crippen LogP contribution in [0.15, 0.2) is 34.1 Å². The van der Waals surface area contributed by atoms with Gasteiger partial charge in [0.1, 0.15) is 22.3 Å². The fourth-order valence-corrected chi connectivity index (χ4v) is 2.76. The second-order valence-electron chi connectivity index (χ2n) is 8.13. The molecule has 1 aromatic carbocycles. The summed E-state index contributed by atoms with van der Waals surface area (Å²) in [6, 6.07) is 4.13. The van der Waals surface area contributed by atoms with E-state index in [-0.39, 0.29) is 21.7 Å². The van der Waals surface area contributed by atoms with Gasteiger partial charge in [-0.2, -0.15) is 13.2 Å². The zero-order valence-corrected chi connectivity index (χ0v) is 19.0. The standard InChI is InChI=1S/C20H21FN4O3.C2HF3O2/c1-20(2,3)17-14(22-10-23-17)9-16-19(27)24-15(18(26)25-16)8-11-7-12(28-4)5-6-13(11)21;3-2(4,5)1(6)7/h5-10H,1-4H3,(H,22,23)(H,24,27)(H,25,26);(H,6,7)/b15-8-,16-9-;. The molecule has 2 aromatic heterocycles. The SMILES string of the molecule is COc1ccc(F)c(/C=c2\[nH]c(=O)/c(=C/c3nc[nH]c3C(C)(C)C)[nH]c2=O)c1.O=C(O)C(F)(F)F. The first-order valence-electron chi connectivity index (χ1n) is 9.87. The van der Waals surface area contributed by atoms with Crippen molar-refractivity contribution in [3.05, 3.63) is 78.7 Å². The van der Waals surface area contributed by atoms with E-state index in [0.29, 0.717) is 11.4 Å². The highest BCUT2D eigenvalue weighted by molar-refractivity contribution is 5.73. The Balaban J connectivity index is 0.000000540. The number of benzene rings is 1. The number of nitrogens with one attached hydrogen (secondary N) is 3. The maximum Gasteiger partial charge on any atom is 0.490 e. The first-order valence-corrected chi connectivity index (χ1v) is 9.87. The Bertz CT molecular complexity index is 1450. The smallest absolute Gasteiger partial charge is 0.490 e. The number of hydrogen-bond acceptors (Lipinski definition) is 5. The monoisotopic (exact) mass is 498 g/mol. The Morgan fingerprint density at radius 1 is 1.06 bits per heavy atom. The molecule has 0 atom stereocenters. The van der Waals surface area contributed by atoms with Crippen molar-refractivity contribution in [2.24, 2.45) is 0 Å². The third kappa shape index (κ3) is 7.16. The van der Waals surface area contributed by atoms with E-state index in [2.05, 4.69) is 19.9 Å². The lowest BCUT2D eigenvalue weighted by Crippen LogP contribution is -2.46. The van der Waals surface area contributed by atoms with Crippen LogP contribution in [0.4, 0.5) is 17.6 Å².